The molecule has 0 unspecified atom stereocenters. The quantitative estimate of drug-likeness (QED) is 0.486. The molecule has 0 amide bonds. The molecule has 152 valence electrons. The van der Waals surface area contributed by atoms with Crippen molar-refractivity contribution in [3.63, 3.8) is 0 Å². The van der Waals surface area contributed by atoms with Crippen LogP contribution in [0.3, 0.4) is 0 Å². The molecule has 6 nitrogen and oxygen atoms in total. The summed E-state index contributed by atoms with van der Waals surface area (Å²) in [5.41, 5.74) is 7.54. The van der Waals surface area contributed by atoms with E-state index < -0.39 is 0 Å². The standard InChI is InChI=1S/C25H21N5O/c1-29-15-23(22-12-27-9-7-20(22)25(29)31)19-4-5-24-21(13-28-30(24)14-19)17-2-3-18-11-26-8-6-16(18)10-17/h2-6,8,10-11,13-15,27H,7,9,12H2,1H3. The molecule has 0 atom stereocenters. The Labute approximate surface area is 178 Å². The van der Waals surface area contributed by atoms with Gasteiger partial charge in [0.05, 0.1) is 11.7 Å². The predicted octanol–water partition coefficient (Wildman–Crippen LogP) is 3.56. The minimum absolute atomic E-state index is 0.106. The van der Waals surface area contributed by atoms with Gasteiger partial charge in [0.1, 0.15) is 0 Å². The van der Waals surface area contributed by atoms with Gasteiger partial charge in [-0.05, 0) is 47.7 Å². The molecule has 0 aliphatic carbocycles. The summed E-state index contributed by atoms with van der Waals surface area (Å²) in [6.45, 7) is 1.56. The molecule has 5 heterocycles. The summed E-state index contributed by atoms with van der Waals surface area (Å²) in [6, 6.07) is 12.7. The second-order valence-corrected chi connectivity index (χ2v) is 8.09. The summed E-state index contributed by atoms with van der Waals surface area (Å²) in [5, 5.41) is 10.3. The zero-order chi connectivity index (χ0) is 20.9. The molecule has 1 N–H and O–H groups in total. The van der Waals surface area contributed by atoms with E-state index in [4.69, 9.17) is 0 Å². The molecule has 0 bridgehead atoms. The number of aromatic nitrogens is 4. The van der Waals surface area contributed by atoms with Crippen LogP contribution >= 0.6 is 0 Å². The fourth-order valence-electron chi connectivity index (χ4n) is 4.59. The fourth-order valence-corrected chi connectivity index (χ4v) is 4.59. The number of pyridine rings is 3. The van der Waals surface area contributed by atoms with Crippen LogP contribution in [0.15, 0.2) is 72.2 Å². The van der Waals surface area contributed by atoms with Crippen molar-refractivity contribution in [2.24, 2.45) is 7.05 Å². The van der Waals surface area contributed by atoms with Crippen molar-refractivity contribution < 1.29 is 0 Å². The molecule has 31 heavy (non-hydrogen) atoms. The molecule has 6 heteroatoms. The summed E-state index contributed by atoms with van der Waals surface area (Å²) >= 11 is 0. The van der Waals surface area contributed by atoms with Gasteiger partial charge in [-0.1, -0.05) is 18.2 Å². The summed E-state index contributed by atoms with van der Waals surface area (Å²) in [6.07, 6.45) is 10.4. The highest BCUT2D eigenvalue weighted by atomic mass is 16.1. The SMILES string of the molecule is Cn1cc(-c2ccc3c(-c4ccc5cnccc5c4)cnn3c2)c2c(c1=O)CCNC2. The Morgan fingerprint density at radius 1 is 0.935 bits per heavy atom. The number of aryl methyl sites for hydroxylation is 1. The average molecular weight is 407 g/mol. The fraction of sp³-hybridized carbons (Fsp3) is 0.160. The van der Waals surface area contributed by atoms with E-state index in [2.05, 4.69) is 51.9 Å². The van der Waals surface area contributed by atoms with Crippen molar-refractivity contribution >= 4 is 16.3 Å². The highest BCUT2D eigenvalue weighted by Crippen LogP contribution is 2.31. The van der Waals surface area contributed by atoms with E-state index in [1.165, 1.54) is 0 Å². The van der Waals surface area contributed by atoms with Crippen LogP contribution in [0, 0.1) is 0 Å². The minimum atomic E-state index is 0.106. The van der Waals surface area contributed by atoms with Gasteiger partial charge in [0, 0.05) is 66.0 Å². The van der Waals surface area contributed by atoms with Crippen molar-refractivity contribution in [1.29, 1.82) is 0 Å². The van der Waals surface area contributed by atoms with Crippen molar-refractivity contribution in [2.45, 2.75) is 13.0 Å². The maximum atomic E-state index is 12.6. The van der Waals surface area contributed by atoms with Crippen LogP contribution in [-0.2, 0) is 20.0 Å². The average Bonchev–Trinajstić information content (AvgIpc) is 3.24. The first-order valence-corrected chi connectivity index (χ1v) is 10.4. The van der Waals surface area contributed by atoms with Crippen LogP contribution in [0.4, 0.5) is 0 Å². The van der Waals surface area contributed by atoms with Crippen molar-refractivity contribution in [2.75, 3.05) is 6.54 Å². The molecule has 0 radical (unpaired) electrons. The number of hydrogen-bond acceptors (Lipinski definition) is 4. The lowest BCUT2D eigenvalue weighted by molar-refractivity contribution is 0.629. The lowest BCUT2D eigenvalue weighted by Gasteiger charge is -2.21. The van der Waals surface area contributed by atoms with Gasteiger partial charge in [-0.25, -0.2) is 4.52 Å². The van der Waals surface area contributed by atoms with Gasteiger partial charge in [-0.15, -0.1) is 0 Å². The third-order valence-corrected chi connectivity index (χ3v) is 6.22. The molecule has 0 saturated carbocycles. The van der Waals surface area contributed by atoms with E-state index >= 15 is 0 Å². The number of nitrogens with zero attached hydrogens (tertiary/aromatic N) is 4. The van der Waals surface area contributed by atoms with Crippen molar-refractivity contribution in [1.82, 2.24) is 24.5 Å². The van der Waals surface area contributed by atoms with Gasteiger partial charge < -0.3 is 9.88 Å². The molecular weight excluding hydrogens is 386 g/mol. The number of hydrogen-bond donors (Lipinski definition) is 1. The minimum Gasteiger partial charge on any atom is -0.318 e. The first-order valence-electron chi connectivity index (χ1n) is 10.4. The summed E-state index contributed by atoms with van der Waals surface area (Å²) in [5.74, 6) is 0. The Balaban J connectivity index is 1.49. The Hall–Kier alpha value is -3.77. The topological polar surface area (TPSA) is 64.2 Å². The van der Waals surface area contributed by atoms with Crippen molar-refractivity contribution in [3.05, 3.63) is 88.9 Å². The van der Waals surface area contributed by atoms with E-state index in [-0.39, 0.29) is 5.56 Å². The molecule has 1 aromatic carbocycles. The van der Waals surface area contributed by atoms with Gasteiger partial charge in [0.15, 0.2) is 0 Å². The third-order valence-electron chi connectivity index (χ3n) is 6.22. The molecular formula is C25H21N5O. The lowest BCUT2D eigenvalue weighted by Crippen LogP contribution is -2.33. The van der Waals surface area contributed by atoms with Gasteiger partial charge in [0.2, 0.25) is 0 Å². The normalized spacial score (nSPS) is 13.6. The molecule has 1 aliphatic heterocycles. The lowest BCUT2D eigenvalue weighted by atomic mass is 9.94. The van der Waals surface area contributed by atoms with E-state index in [9.17, 15) is 4.79 Å². The molecule has 5 aromatic rings. The Bertz CT molecular complexity index is 1530. The molecule has 0 saturated heterocycles. The van der Waals surface area contributed by atoms with E-state index in [1.807, 2.05) is 42.4 Å². The van der Waals surface area contributed by atoms with Gasteiger partial charge in [-0.3, -0.25) is 9.78 Å². The van der Waals surface area contributed by atoms with Crippen LogP contribution in [0.1, 0.15) is 11.1 Å². The smallest absolute Gasteiger partial charge is 0.253 e. The number of benzene rings is 1. The van der Waals surface area contributed by atoms with Crippen LogP contribution in [-0.4, -0.2) is 25.7 Å². The Morgan fingerprint density at radius 2 is 1.84 bits per heavy atom. The molecule has 0 spiro atoms. The first kappa shape index (κ1) is 18.0. The van der Waals surface area contributed by atoms with E-state index in [0.717, 1.165) is 69.2 Å². The third kappa shape index (κ3) is 2.87. The summed E-state index contributed by atoms with van der Waals surface area (Å²) in [7, 11) is 1.83. The number of fused-ring (bicyclic) bond motifs is 3. The maximum Gasteiger partial charge on any atom is 0.253 e. The van der Waals surface area contributed by atoms with Crippen molar-refractivity contribution in [3.8, 4) is 22.3 Å². The Morgan fingerprint density at radius 3 is 2.77 bits per heavy atom. The zero-order valence-corrected chi connectivity index (χ0v) is 17.2. The van der Waals surface area contributed by atoms with Gasteiger partial charge >= 0.3 is 0 Å². The van der Waals surface area contributed by atoms with Gasteiger partial charge in [-0.2, -0.15) is 5.10 Å². The molecule has 1 aliphatic rings. The largest absolute Gasteiger partial charge is 0.318 e. The summed E-state index contributed by atoms with van der Waals surface area (Å²) < 4.78 is 3.62. The number of nitrogens with one attached hydrogen (secondary N) is 1. The molecule has 6 rings (SSSR count). The maximum absolute atomic E-state index is 12.6. The van der Waals surface area contributed by atoms with Crippen LogP contribution in [0.5, 0.6) is 0 Å². The monoisotopic (exact) mass is 407 g/mol. The summed E-state index contributed by atoms with van der Waals surface area (Å²) in [4.78, 5) is 16.8. The van der Waals surface area contributed by atoms with E-state index in [0.29, 0.717) is 0 Å². The van der Waals surface area contributed by atoms with Crippen LogP contribution < -0.4 is 10.9 Å². The second kappa shape index (κ2) is 6.89. The predicted molar refractivity (Wildman–Crippen MR) is 122 cm³/mol. The highest BCUT2D eigenvalue weighted by molar-refractivity contribution is 5.90. The first-order chi connectivity index (χ1) is 15.2. The molecule has 0 fully saturated rings. The zero-order valence-electron chi connectivity index (χ0n) is 17.2. The van der Waals surface area contributed by atoms with Crippen LogP contribution in [0.25, 0.3) is 38.5 Å². The molecule has 4 aromatic heterocycles. The van der Waals surface area contributed by atoms with Crippen LogP contribution in [0.2, 0.25) is 0 Å². The number of rotatable bonds is 2. The Kier molecular flexibility index (Phi) is 4.01. The van der Waals surface area contributed by atoms with Gasteiger partial charge in [0.25, 0.3) is 5.56 Å². The van der Waals surface area contributed by atoms with E-state index in [1.54, 1.807) is 4.57 Å². The second-order valence-electron chi connectivity index (χ2n) is 8.09. The highest BCUT2D eigenvalue weighted by Gasteiger charge is 2.19.